The second-order valence-electron chi connectivity index (χ2n) is 4.64. The van der Waals surface area contributed by atoms with Gasteiger partial charge in [-0.1, -0.05) is 40.6 Å². The van der Waals surface area contributed by atoms with Gasteiger partial charge in [0.2, 0.25) is 0 Å². The fourth-order valence-electron chi connectivity index (χ4n) is 1.67. The van der Waals surface area contributed by atoms with Crippen LogP contribution in [-0.4, -0.2) is 10.3 Å². The Hall–Kier alpha value is -1.68. The molecular formula is C13H17N3O. The highest BCUT2D eigenvalue weighted by Crippen LogP contribution is 2.20. The van der Waals surface area contributed by atoms with Crippen molar-refractivity contribution in [3.63, 3.8) is 0 Å². The molecule has 0 bridgehead atoms. The van der Waals surface area contributed by atoms with E-state index in [1.165, 1.54) is 5.56 Å². The number of nitrogens with zero attached hydrogens (tertiary/aromatic N) is 2. The molecule has 0 saturated carbocycles. The fourth-order valence-corrected chi connectivity index (χ4v) is 1.67. The smallest absolute Gasteiger partial charge is 0.121 e. The molecule has 0 atom stereocenters. The summed E-state index contributed by atoms with van der Waals surface area (Å²) in [6.45, 7) is 6.83. The minimum atomic E-state index is -0.105. The standard InChI is InChI=1S/C13H17N3O/c1-10-12(16-17-15-10)9-14-13(2,3)11-7-5-4-6-8-11/h4-8,14H,9H2,1-3H3. The van der Waals surface area contributed by atoms with E-state index in [1.54, 1.807) is 0 Å². The van der Waals surface area contributed by atoms with Crippen molar-refractivity contribution < 1.29 is 4.63 Å². The maximum Gasteiger partial charge on any atom is 0.121 e. The third-order valence-electron chi connectivity index (χ3n) is 2.94. The van der Waals surface area contributed by atoms with Crippen LogP contribution in [0.2, 0.25) is 0 Å². The van der Waals surface area contributed by atoms with Crippen LogP contribution >= 0.6 is 0 Å². The maximum absolute atomic E-state index is 4.68. The molecule has 1 aromatic carbocycles. The lowest BCUT2D eigenvalue weighted by Crippen LogP contribution is -2.36. The molecule has 90 valence electrons. The zero-order chi connectivity index (χ0) is 12.3. The molecule has 1 aromatic heterocycles. The summed E-state index contributed by atoms with van der Waals surface area (Å²) >= 11 is 0. The quantitative estimate of drug-likeness (QED) is 0.877. The third kappa shape index (κ3) is 2.71. The van der Waals surface area contributed by atoms with Crippen LogP contribution < -0.4 is 5.32 Å². The second kappa shape index (κ2) is 4.67. The van der Waals surface area contributed by atoms with Gasteiger partial charge in [0, 0.05) is 12.1 Å². The normalized spacial score (nSPS) is 11.7. The maximum atomic E-state index is 4.68. The average molecular weight is 231 g/mol. The third-order valence-corrected chi connectivity index (χ3v) is 2.94. The molecule has 0 saturated heterocycles. The highest BCUT2D eigenvalue weighted by molar-refractivity contribution is 5.22. The van der Waals surface area contributed by atoms with E-state index in [2.05, 4.69) is 46.2 Å². The highest BCUT2D eigenvalue weighted by atomic mass is 16.6. The molecule has 0 radical (unpaired) electrons. The molecule has 0 unspecified atom stereocenters. The van der Waals surface area contributed by atoms with Gasteiger partial charge in [-0.05, 0) is 26.3 Å². The predicted molar refractivity (Wildman–Crippen MR) is 65.3 cm³/mol. The fraction of sp³-hybridized carbons (Fsp3) is 0.385. The Balaban J connectivity index is 2.06. The van der Waals surface area contributed by atoms with E-state index in [0.717, 1.165) is 11.4 Å². The van der Waals surface area contributed by atoms with E-state index in [0.29, 0.717) is 6.54 Å². The Morgan fingerprint density at radius 3 is 2.47 bits per heavy atom. The average Bonchev–Trinajstić information content (AvgIpc) is 2.74. The first-order chi connectivity index (χ1) is 8.09. The van der Waals surface area contributed by atoms with E-state index in [-0.39, 0.29) is 5.54 Å². The summed E-state index contributed by atoms with van der Waals surface area (Å²) in [7, 11) is 0. The van der Waals surface area contributed by atoms with Crippen molar-refractivity contribution >= 4 is 0 Å². The van der Waals surface area contributed by atoms with Crippen LogP contribution in [0.15, 0.2) is 35.0 Å². The molecule has 4 heteroatoms. The van der Waals surface area contributed by atoms with Crippen LogP contribution in [-0.2, 0) is 12.1 Å². The number of hydrogen-bond donors (Lipinski definition) is 1. The predicted octanol–water partition coefficient (Wildman–Crippen LogP) is 2.40. The van der Waals surface area contributed by atoms with Crippen LogP contribution in [0, 0.1) is 6.92 Å². The Morgan fingerprint density at radius 2 is 1.88 bits per heavy atom. The summed E-state index contributed by atoms with van der Waals surface area (Å²) in [5.41, 5.74) is 2.83. The zero-order valence-electron chi connectivity index (χ0n) is 10.4. The molecule has 0 aliphatic heterocycles. The van der Waals surface area contributed by atoms with Gasteiger partial charge in [-0.3, -0.25) is 0 Å². The molecule has 2 rings (SSSR count). The lowest BCUT2D eigenvalue weighted by molar-refractivity contribution is 0.297. The van der Waals surface area contributed by atoms with E-state index < -0.39 is 0 Å². The Morgan fingerprint density at radius 1 is 1.18 bits per heavy atom. The Kier molecular flexibility index (Phi) is 3.24. The first-order valence-corrected chi connectivity index (χ1v) is 5.68. The van der Waals surface area contributed by atoms with Crippen molar-refractivity contribution in [3.8, 4) is 0 Å². The van der Waals surface area contributed by atoms with Gasteiger partial charge in [-0.25, -0.2) is 4.63 Å². The summed E-state index contributed by atoms with van der Waals surface area (Å²) < 4.78 is 4.68. The monoisotopic (exact) mass is 231 g/mol. The van der Waals surface area contributed by atoms with E-state index in [1.807, 2.05) is 25.1 Å². The summed E-state index contributed by atoms with van der Waals surface area (Å²) in [6, 6.07) is 10.3. The molecule has 0 aliphatic carbocycles. The lowest BCUT2D eigenvalue weighted by atomic mass is 9.94. The SMILES string of the molecule is Cc1nonc1CNC(C)(C)c1ccccc1. The van der Waals surface area contributed by atoms with Gasteiger partial charge in [-0.15, -0.1) is 0 Å². The zero-order valence-corrected chi connectivity index (χ0v) is 10.4. The Bertz CT molecular complexity index is 476. The van der Waals surface area contributed by atoms with Crippen LogP contribution in [0.25, 0.3) is 0 Å². The number of benzene rings is 1. The van der Waals surface area contributed by atoms with Crippen molar-refractivity contribution in [1.82, 2.24) is 15.6 Å². The molecule has 2 aromatic rings. The summed E-state index contributed by atoms with van der Waals surface area (Å²) in [4.78, 5) is 0. The van der Waals surface area contributed by atoms with Crippen LogP contribution in [0.3, 0.4) is 0 Å². The van der Waals surface area contributed by atoms with E-state index >= 15 is 0 Å². The molecule has 0 fully saturated rings. The van der Waals surface area contributed by atoms with Gasteiger partial charge in [0.15, 0.2) is 0 Å². The first kappa shape index (κ1) is 11.8. The number of nitrogens with one attached hydrogen (secondary N) is 1. The topological polar surface area (TPSA) is 51.0 Å². The molecular weight excluding hydrogens is 214 g/mol. The molecule has 1 heterocycles. The number of rotatable bonds is 4. The Labute approximate surface area is 101 Å². The second-order valence-corrected chi connectivity index (χ2v) is 4.64. The van der Waals surface area contributed by atoms with Gasteiger partial charge < -0.3 is 5.32 Å². The van der Waals surface area contributed by atoms with Crippen molar-refractivity contribution in [1.29, 1.82) is 0 Å². The molecule has 0 aliphatic rings. The first-order valence-electron chi connectivity index (χ1n) is 5.68. The highest BCUT2D eigenvalue weighted by Gasteiger charge is 2.20. The number of aromatic nitrogens is 2. The van der Waals surface area contributed by atoms with Gasteiger partial charge in [-0.2, -0.15) is 0 Å². The van der Waals surface area contributed by atoms with E-state index in [4.69, 9.17) is 0 Å². The van der Waals surface area contributed by atoms with Crippen molar-refractivity contribution in [2.75, 3.05) is 0 Å². The van der Waals surface area contributed by atoms with E-state index in [9.17, 15) is 0 Å². The van der Waals surface area contributed by atoms with Crippen LogP contribution in [0.1, 0.15) is 30.8 Å². The summed E-state index contributed by atoms with van der Waals surface area (Å²) in [6.07, 6.45) is 0. The molecule has 0 spiro atoms. The van der Waals surface area contributed by atoms with Gasteiger partial charge in [0.05, 0.1) is 0 Å². The van der Waals surface area contributed by atoms with Gasteiger partial charge >= 0.3 is 0 Å². The molecule has 17 heavy (non-hydrogen) atoms. The van der Waals surface area contributed by atoms with Gasteiger partial charge in [0.25, 0.3) is 0 Å². The molecule has 0 amide bonds. The van der Waals surface area contributed by atoms with Crippen molar-refractivity contribution in [2.24, 2.45) is 0 Å². The summed E-state index contributed by atoms with van der Waals surface area (Å²) in [5, 5.41) is 11.1. The minimum Gasteiger partial charge on any atom is -0.302 e. The van der Waals surface area contributed by atoms with Crippen molar-refractivity contribution in [2.45, 2.75) is 32.9 Å². The lowest BCUT2D eigenvalue weighted by Gasteiger charge is -2.26. The largest absolute Gasteiger partial charge is 0.302 e. The molecule has 4 nitrogen and oxygen atoms in total. The summed E-state index contributed by atoms with van der Waals surface area (Å²) in [5.74, 6) is 0. The number of aryl methyl sites for hydroxylation is 1. The van der Waals surface area contributed by atoms with Crippen molar-refractivity contribution in [3.05, 3.63) is 47.3 Å². The van der Waals surface area contributed by atoms with Crippen LogP contribution in [0.5, 0.6) is 0 Å². The number of hydrogen-bond acceptors (Lipinski definition) is 4. The van der Waals surface area contributed by atoms with Gasteiger partial charge in [0.1, 0.15) is 11.4 Å². The van der Waals surface area contributed by atoms with Crippen LogP contribution in [0.4, 0.5) is 0 Å². The minimum absolute atomic E-state index is 0.105. The molecule has 1 N–H and O–H groups in total.